The van der Waals surface area contributed by atoms with E-state index in [-0.39, 0.29) is 11.5 Å². The van der Waals surface area contributed by atoms with Crippen molar-refractivity contribution in [1.82, 2.24) is 5.32 Å². The molecule has 0 aromatic heterocycles. The normalized spacial score (nSPS) is 15.2. The summed E-state index contributed by atoms with van der Waals surface area (Å²) in [5, 5.41) is 4.72. The van der Waals surface area contributed by atoms with Crippen molar-refractivity contribution in [2.75, 3.05) is 5.32 Å². The molecule has 1 atom stereocenters. The van der Waals surface area contributed by atoms with Crippen molar-refractivity contribution in [2.24, 2.45) is 5.73 Å². The van der Waals surface area contributed by atoms with Gasteiger partial charge in [-0.1, -0.05) is 0 Å². The summed E-state index contributed by atoms with van der Waals surface area (Å²) < 4.78 is 0. The van der Waals surface area contributed by atoms with E-state index in [1.807, 2.05) is 0 Å². The first-order valence-electron chi connectivity index (χ1n) is 5.05. The Hall–Kier alpha value is -2.21. The second-order valence-electron chi connectivity index (χ2n) is 3.82. The molecule has 1 aliphatic heterocycles. The fraction of sp³-hybridized carbons (Fsp3) is 0.182. The van der Waals surface area contributed by atoms with Crippen LogP contribution < -0.4 is 16.4 Å². The third-order valence-corrected chi connectivity index (χ3v) is 2.42. The number of imide groups is 1. The van der Waals surface area contributed by atoms with Gasteiger partial charge >= 0.3 is 0 Å². The van der Waals surface area contributed by atoms with Crippen LogP contribution in [0.3, 0.4) is 0 Å². The van der Waals surface area contributed by atoms with Gasteiger partial charge in [-0.3, -0.25) is 19.7 Å². The highest BCUT2D eigenvalue weighted by Crippen LogP contribution is 2.20. The van der Waals surface area contributed by atoms with Gasteiger partial charge in [-0.2, -0.15) is 0 Å². The van der Waals surface area contributed by atoms with Crippen LogP contribution in [0.4, 0.5) is 5.69 Å². The van der Waals surface area contributed by atoms with Crippen molar-refractivity contribution in [1.29, 1.82) is 0 Å². The second-order valence-corrected chi connectivity index (χ2v) is 3.82. The van der Waals surface area contributed by atoms with Crippen molar-refractivity contribution in [3.63, 3.8) is 0 Å². The molecule has 1 aliphatic rings. The van der Waals surface area contributed by atoms with Gasteiger partial charge in [0.1, 0.15) is 0 Å². The lowest BCUT2D eigenvalue weighted by atomic mass is 10.1. The van der Waals surface area contributed by atoms with E-state index in [0.29, 0.717) is 11.3 Å². The molecule has 0 aliphatic carbocycles. The van der Waals surface area contributed by atoms with E-state index >= 15 is 0 Å². The molecule has 0 unspecified atom stereocenters. The van der Waals surface area contributed by atoms with Crippen LogP contribution >= 0.6 is 0 Å². The van der Waals surface area contributed by atoms with Crippen LogP contribution in [0.2, 0.25) is 0 Å². The number of anilines is 1. The van der Waals surface area contributed by atoms with Gasteiger partial charge in [0.25, 0.3) is 11.8 Å². The lowest BCUT2D eigenvalue weighted by Crippen LogP contribution is -2.32. The number of benzene rings is 1. The first-order valence-corrected chi connectivity index (χ1v) is 5.05. The molecule has 6 heteroatoms. The molecule has 2 rings (SSSR count). The van der Waals surface area contributed by atoms with Crippen molar-refractivity contribution < 1.29 is 14.4 Å². The number of nitrogens with one attached hydrogen (secondary N) is 2. The molecule has 0 radical (unpaired) electrons. The number of amides is 3. The minimum atomic E-state index is -0.640. The second kappa shape index (κ2) is 3.99. The number of carbonyl (C=O) groups is 3. The Labute approximate surface area is 97.2 Å². The number of rotatable bonds is 2. The SMILES string of the molecule is C[C@H](N)C(=O)Nc1ccc2c(c1)C(=O)NC2=O. The Bertz CT molecular complexity index is 523. The number of nitrogens with two attached hydrogens (primary N) is 1. The summed E-state index contributed by atoms with van der Waals surface area (Å²) in [6, 6.07) is 3.86. The molecule has 1 aromatic carbocycles. The Kier molecular flexibility index (Phi) is 2.64. The van der Waals surface area contributed by atoms with Crippen molar-refractivity contribution in [2.45, 2.75) is 13.0 Å². The van der Waals surface area contributed by atoms with Gasteiger partial charge in [0.2, 0.25) is 5.91 Å². The summed E-state index contributed by atoms with van der Waals surface area (Å²) in [7, 11) is 0. The third-order valence-electron chi connectivity index (χ3n) is 2.42. The fourth-order valence-electron chi connectivity index (χ4n) is 1.50. The standard InChI is InChI=1S/C11H11N3O3/c1-5(12)9(15)13-6-2-3-7-8(4-6)11(17)14-10(7)16/h2-5H,12H2,1H3,(H,13,15)(H,14,16,17)/t5-/m0/s1. The topological polar surface area (TPSA) is 101 Å². The lowest BCUT2D eigenvalue weighted by Gasteiger charge is -2.08. The molecule has 17 heavy (non-hydrogen) atoms. The van der Waals surface area contributed by atoms with E-state index in [1.165, 1.54) is 12.1 Å². The van der Waals surface area contributed by atoms with Gasteiger partial charge in [0.15, 0.2) is 0 Å². The zero-order chi connectivity index (χ0) is 12.6. The fourth-order valence-corrected chi connectivity index (χ4v) is 1.50. The predicted molar refractivity (Wildman–Crippen MR) is 60.5 cm³/mol. The predicted octanol–water partition coefficient (Wildman–Crippen LogP) is -0.144. The quantitative estimate of drug-likeness (QED) is 0.618. The molecule has 0 bridgehead atoms. The molecule has 0 fully saturated rings. The van der Waals surface area contributed by atoms with E-state index in [4.69, 9.17) is 5.73 Å². The lowest BCUT2D eigenvalue weighted by molar-refractivity contribution is -0.117. The highest BCUT2D eigenvalue weighted by molar-refractivity contribution is 6.22. The molecule has 1 heterocycles. The largest absolute Gasteiger partial charge is 0.325 e. The Balaban J connectivity index is 2.29. The number of hydrogen-bond acceptors (Lipinski definition) is 4. The number of hydrogen-bond donors (Lipinski definition) is 3. The van der Waals surface area contributed by atoms with Crippen LogP contribution in [0.5, 0.6) is 0 Å². The molecule has 0 saturated carbocycles. The van der Waals surface area contributed by atoms with E-state index < -0.39 is 17.9 Å². The third kappa shape index (κ3) is 2.02. The highest BCUT2D eigenvalue weighted by atomic mass is 16.2. The van der Waals surface area contributed by atoms with E-state index in [1.54, 1.807) is 13.0 Å². The Morgan fingerprint density at radius 1 is 1.29 bits per heavy atom. The maximum Gasteiger partial charge on any atom is 0.259 e. The average molecular weight is 233 g/mol. The van der Waals surface area contributed by atoms with E-state index in [9.17, 15) is 14.4 Å². The molecule has 6 nitrogen and oxygen atoms in total. The maximum absolute atomic E-state index is 11.4. The van der Waals surface area contributed by atoms with Crippen LogP contribution in [-0.4, -0.2) is 23.8 Å². The van der Waals surface area contributed by atoms with Crippen LogP contribution in [-0.2, 0) is 4.79 Å². The molecule has 88 valence electrons. The Morgan fingerprint density at radius 3 is 2.59 bits per heavy atom. The molecular weight excluding hydrogens is 222 g/mol. The first-order chi connectivity index (χ1) is 7.99. The van der Waals surface area contributed by atoms with Crippen LogP contribution in [0, 0.1) is 0 Å². The molecule has 3 amide bonds. The maximum atomic E-state index is 11.4. The van der Waals surface area contributed by atoms with Gasteiger partial charge in [0, 0.05) is 5.69 Å². The summed E-state index contributed by atoms with van der Waals surface area (Å²) in [4.78, 5) is 34.0. The van der Waals surface area contributed by atoms with Crippen LogP contribution in [0.15, 0.2) is 18.2 Å². The molecule has 0 spiro atoms. The zero-order valence-electron chi connectivity index (χ0n) is 9.11. The minimum absolute atomic E-state index is 0.262. The van der Waals surface area contributed by atoms with Crippen molar-refractivity contribution in [3.05, 3.63) is 29.3 Å². The smallest absolute Gasteiger partial charge is 0.259 e. The Morgan fingerprint density at radius 2 is 1.94 bits per heavy atom. The summed E-state index contributed by atoms with van der Waals surface area (Å²) in [6.45, 7) is 1.55. The van der Waals surface area contributed by atoms with Crippen molar-refractivity contribution >= 4 is 23.4 Å². The van der Waals surface area contributed by atoms with Crippen molar-refractivity contribution in [3.8, 4) is 0 Å². The average Bonchev–Trinajstić information content (AvgIpc) is 2.54. The summed E-state index contributed by atoms with van der Waals surface area (Å²) in [5.74, 6) is -1.23. The highest BCUT2D eigenvalue weighted by Gasteiger charge is 2.26. The summed E-state index contributed by atoms with van der Waals surface area (Å²) in [5.41, 5.74) is 6.42. The molecule has 1 aromatic rings. The monoisotopic (exact) mass is 233 g/mol. The first kappa shape index (κ1) is 11.3. The summed E-state index contributed by atoms with van der Waals surface area (Å²) in [6.07, 6.45) is 0. The van der Waals surface area contributed by atoms with Crippen LogP contribution in [0.1, 0.15) is 27.6 Å². The van der Waals surface area contributed by atoms with Gasteiger partial charge in [-0.15, -0.1) is 0 Å². The molecular formula is C11H11N3O3. The van der Waals surface area contributed by atoms with Gasteiger partial charge in [-0.05, 0) is 25.1 Å². The van der Waals surface area contributed by atoms with Gasteiger partial charge in [-0.25, -0.2) is 0 Å². The zero-order valence-corrected chi connectivity index (χ0v) is 9.11. The number of carbonyl (C=O) groups excluding carboxylic acids is 3. The van der Waals surface area contributed by atoms with Gasteiger partial charge < -0.3 is 11.1 Å². The minimum Gasteiger partial charge on any atom is -0.325 e. The number of fused-ring (bicyclic) bond motifs is 1. The van der Waals surface area contributed by atoms with Crippen LogP contribution in [0.25, 0.3) is 0 Å². The van der Waals surface area contributed by atoms with Gasteiger partial charge in [0.05, 0.1) is 17.2 Å². The summed E-state index contributed by atoms with van der Waals surface area (Å²) >= 11 is 0. The van der Waals surface area contributed by atoms with E-state index in [2.05, 4.69) is 10.6 Å². The van der Waals surface area contributed by atoms with E-state index in [0.717, 1.165) is 0 Å². The molecule has 0 saturated heterocycles. The molecule has 4 N–H and O–H groups in total.